The molecule has 1 saturated heterocycles. The topological polar surface area (TPSA) is 49.4 Å². The fourth-order valence-corrected chi connectivity index (χ4v) is 3.83. The summed E-state index contributed by atoms with van der Waals surface area (Å²) < 4.78 is 23.2. The highest BCUT2D eigenvalue weighted by Gasteiger charge is 2.14. The number of hydrogen-bond donors (Lipinski definition) is 1. The molecule has 0 saturated carbocycles. The zero-order chi connectivity index (χ0) is 15.3. The normalized spacial score (nSPS) is 17.5. The van der Waals surface area contributed by atoms with Gasteiger partial charge in [0, 0.05) is 36.3 Å². The Morgan fingerprint density at radius 3 is 2.33 bits per heavy atom. The van der Waals surface area contributed by atoms with Gasteiger partial charge in [-0.25, -0.2) is 8.42 Å². The lowest BCUT2D eigenvalue weighted by molar-refractivity contribution is 0.578. The second kappa shape index (κ2) is 7.16. The van der Waals surface area contributed by atoms with Crippen molar-refractivity contribution in [3.05, 3.63) is 24.3 Å². The Kier molecular flexibility index (Phi) is 5.51. The molecule has 2 rings (SSSR count). The third kappa shape index (κ3) is 4.92. The molecule has 0 amide bonds. The predicted molar refractivity (Wildman–Crippen MR) is 89.9 cm³/mol. The Balaban J connectivity index is 1.92. The zero-order valence-corrected chi connectivity index (χ0v) is 13.8. The van der Waals surface area contributed by atoms with Crippen molar-refractivity contribution in [2.45, 2.75) is 39.2 Å². The summed E-state index contributed by atoms with van der Waals surface area (Å²) in [5.74, 6) is 0.379. The molecule has 21 heavy (non-hydrogen) atoms. The molecule has 5 heteroatoms. The van der Waals surface area contributed by atoms with Gasteiger partial charge in [0.1, 0.15) is 0 Å². The fraction of sp³-hybridized carbons (Fsp3) is 0.625. The van der Waals surface area contributed by atoms with Crippen LogP contribution >= 0.6 is 0 Å². The van der Waals surface area contributed by atoms with Crippen molar-refractivity contribution in [1.29, 1.82) is 0 Å². The molecular weight excluding hydrogens is 284 g/mol. The summed E-state index contributed by atoms with van der Waals surface area (Å²) in [5.41, 5.74) is 2.24. The lowest BCUT2D eigenvalue weighted by Crippen LogP contribution is -2.29. The second-order valence-corrected chi connectivity index (χ2v) is 8.24. The number of benzene rings is 1. The minimum atomic E-state index is -2.93. The third-order valence-corrected chi connectivity index (χ3v) is 5.83. The molecule has 1 heterocycles. The zero-order valence-electron chi connectivity index (χ0n) is 13.0. The van der Waals surface area contributed by atoms with Gasteiger partial charge in [-0.15, -0.1) is 0 Å². The maximum atomic E-state index is 11.6. The number of nitrogens with one attached hydrogen (secondary N) is 1. The van der Waals surface area contributed by atoms with Crippen molar-refractivity contribution in [3.8, 4) is 0 Å². The van der Waals surface area contributed by atoms with Gasteiger partial charge in [0.2, 0.25) is 0 Å². The van der Waals surface area contributed by atoms with Crippen molar-refractivity contribution in [2.24, 2.45) is 0 Å². The first-order valence-corrected chi connectivity index (χ1v) is 9.64. The summed E-state index contributed by atoms with van der Waals surface area (Å²) in [6.45, 7) is 5.87. The summed E-state index contributed by atoms with van der Waals surface area (Å²) in [6, 6.07) is 8.25. The van der Waals surface area contributed by atoms with Crippen molar-refractivity contribution in [1.82, 2.24) is 0 Å². The summed E-state index contributed by atoms with van der Waals surface area (Å²) in [7, 11) is -2.93. The molecule has 1 aliphatic rings. The average Bonchev–Trinajstić information content (AvgIpc) is 2.48. The van der Waals surface area contributed by atoms with Gasteiger partial charge >= 0.3 is 0 Å². The van der Waals surface area contributed by atoms with E-state index in [1.54, 1.807) is 6.92 Å². The summed E-state index contributed by atoms with van der Waals surface area (Å²) in [5, 5.41) is 3.26. The van der Waals surface area contributed by atoms with E-state index in [-0.39, 0.29) is 17.5 Å². The van der Waals surface area contributed by atoms with Crippen LogP contribution in [-0.4, -0.2) is 39.1 Å². The molecule has 1 atom stereocenters. The lowest BCUT2D eigenvalue weighted by atomic mass is 10.1. The van der Waals surface area contributed by atoms with Crippen LogP contribution in [0.1, 0.15) is 33.1 Å². The fourth-order valence-electron chi connectivity index (χ4n) is 2.75. The van der Waals surface area contributed by atoms with Crippen LogP contribution in [0.25, 0.3) is 0 Å². The average molecular weight is 310 g/mol. The number of anilines is 2. The summed E-state index contributed by atoms with van der Waals surface area (Å²) in [6.07, 6.45) is 3.87. The maximum Gasteiger partial charge on any atom is 0.152 e. The van der Waals surface area contributed by atoms with E-state index in [0.717, 1.165) is 18.8 Å². The Morgan fingerprint density at radius 1 is 1.14 bits per heavy atom. The van der Waals surface area contributed by atoms with Gasteiger partial charge in [0.25, 0.3) is 0 Å². The molecule has 1 aromatic rings. The smallest absolute Gasteiger partial charge is 0.152 e. The number of sulfone groups is 1. The first kappa shape index (κ1) is 16.1. The highest BCUT2D eigenvalue weighted by atomic mass is 32.2. The quantitative estimate of drug-likeness (QED) is 0.878. The van der Waals surface area contributed by atoms with Gasteiger partial charge < -0.3 is 10.2 Å². The molecule has 4 nitrogen and oxygen atoms in total. The predicted octanol–water partition coefficient (Wildman–Crippen LogP) is 2.91. The van der Waals surface area contributed by atoms with Gasteiger partial charge in [-0.05, 0) is 50.5 Å². The Morgan fingerprint density at radius 2 is 1.76 bits per heavy atom. The van der Waals surface area contributed by atoms with Crippen molar-refractivity contribution in [3.63, 3.8) is 0 Å². The minimum absolute atomic E-state index is 0.0733. The van der Waals surface area contributed by atoms with Crippen LogP contribution in [0.4, 0.5) is 11.4 Å². The molecule has 1 aromatic carbocycles. The monoisotopic (exact) mass is 310 g/mol. The third-order valence-electron chi connectivity index (χ3n) is 3.95. The maximum absolute atomic E-state index is 11.6. The van der Waals surface area contributed by atoms with Crippen LogP contribution in [0.3, 0.4) is 0 Å². The molecule has 1 fully saturated rings. The lowest BCUT2D eigenvalue weighted by Gasteiger charge is -2.29. The molecule has 0 spiro atoms. The Hall–Kier alpha value is -1.23. The van der Waals surface area contributed by atoms with E-state index in [2.05, 4.69) is 22.3 Å². The van der Waals surface area contributed by atoms with Crippen LogP contribution in [0.2, 0.25) is 0 Å². The van der Waals surface area contributed by atoms with E-state index in [4.69, 9.17) is 0 Å². The van der Waals surface area contributed by atoms with E-state index >= 15 is 0 Å². The van der Waals surface area contributed by atoms with Crippen molar-refractivity contribution < 1.29 is 8.42 Å². The van der Waals surface area contributed by atoms with Gasteiger partial charge in [-0.3, -0.25) is 0 Å². The number of rotatable bonds is 6. The number of hydrogen-bond acceptors (Lipinski definition) is 4. The van der Waals surface area contributed by atoms with E-state index in [9.17, 15) is 8.42 Å². The molecule has 1 unspecified atom stereocenters. The van der Waals surface area contributed by atoms with Gasteiger partial charge in [0.05, 0.1) is 5.75 Å². The highest BCUT2D eigenvalue weighted by Crippen LogP contribution is 2.22. The molecule has 118 valence electrons. The van der Waals surface area contributed by atoms with Crippen LogP contribution in [-0.2, 0) is 9.84 Å². The van der Waals surface area contributed by atoms with Crippen LogP contribution in [0.5, 0.6) is 0 Å². The number of piperidine rings is 1. The van der Waals surface area contributed by atoms with Gasteiger partial charge in [-0.1, -0.05) is 6.92 Å². The highest BCUT2D eigenvalue weighted by molar-refractivity contribution is 7.91. The second-order valence-electron chi connectivity index (χ2n) is 5.84. The molecule has 0 bridgehead atoms. The van der Waals surface area contributed by atoms with E-state index < -0.39 is 9.84 Å². The SMILES string of the molecule is CCS(=O)(=O)CC(C)Nc1ccc(N2CCCCC2)cc1. The van der Waals surface area contributed by atoms with Crippen molar-refractivity contribution >= 4 is 21.2 Å². The first-order valence-electron chi connectivity index (χ1n) is 7.82. The van der Waals surface area contributed by atoms with Crippen molar-refractivity contribution in [2.75, 3.05) is 34.8 Å². The Bertz CT molecular complexity index is 534. The first-order chi connectivity index (χ1) is 10.00. The van der Waals surface area contributed by atoms with E-state index in [1.165, 1.54) is 24.9 Å². The van der Waals surface area contributed by atoms with Gasteiger partial charge in [0.15, 0.2) is 9.84 Å². The molecule has 1 N–H and O–H groups in total. The molecule has 1 aliphatic heterocycles. The minimum Gasteiger partial charge on any atom is -0.382 e. The van der Waals surface area contributed by atoms with E-state index in [1.807, 2.05) is 19.1 Å². The molecule has 0 aromatic heterocycles. The van der Waals surface area contributed by atoms with E-state index in [0.29, 0.717) is 0 Å². The molecular formula is C16H26N2O2S. The summed E-state index contributed by atoms with van der Waals surface area (Å²) in [4.78, 5) is 2.41. The molecule has 0 aliphatic carbocycles. The largest absolute Gasteiger partial charge is 0.382 e. The molecule has 0 radical (unpaired) electrons. The standard InChI is InChI=1S/C16H26N2O2S/c1-3-21(19,20)13-14(2)17-15-7-9-16(10-8-15)18-11-5-4-6-12-18/h7-10,14,17H,3-6,11-13H2,1-2H3. The van der Waals surface area contributed by atoms with Crippen LogP contribution in [0.15, 0.2) is 24.3 Å². The van der Waals surface area contributed by atoms with Gasteiger partial charge in [-0.2, -0.15) is 0 Å². The van der Waals surface area contributed by atoms with Crippen LogP contribution < -0.4 is 10.2 Å². The number of nitrogens with zero attached hydrogens (tertiary/aromatic N) is 1. The van der Waals surface area contributed by atoms with Crippen LogP contribution in [0, 0.1) is 0 Å². The summed E-state index contributed by atoms with van der Waals surface area (Å²) >= 11 is 0. The Labute approximate surface area is 128 Å².